The quantitative estimate of drug-likeness (QED) is 0.809. The normalized spacial score (nSPS) is 18.4. The van der Waals surface area contributed by atoms with Crippen LogP contribution in [0.1, 0.15) is 43.9 Å². The van der Waals surface area contributed by atoms with Gasteiger partial charge in [-0.15, -0.1) is 0 Å². The van der Waals surface area contributed by atoms with Crippen LogP contribution in [0, 0.1) is 0 Å². The summed E-state index contributed by atoms with van der Waals surface area (Å²) in [5.41, 5.74) is 3.56. The molecule has 0 spiro atoms. The number of aliphatic hydroxyl groups is 1. The molecule has 0 bridgehead atoms. The van der Waals surface area contributed by atoms with Crippen LogP contribution < -0.4 is 4.74 Å². The molecule has 1 aliphatic carbocycles. The minimum absolute atomic E-state index is 0.314. The van der Waals surface area contributed by atoms with Gasteiger partial charge in [-0.2, -0.15) is 0 Å². The fourth-order valence-electron chi connectivity index (χ4n) is 2.15. The number of aryl methyl sites for hydroxylation is 1. The molecule has 0 radical (unpaired) electrons. The van der Waals surface area contributed by atoms with Crippen molar-refractivity contribution in [3.8, 4) is 5.75 Å². The van der Waals surface area contributed by atoms with Crippen LogP contribution in [-0.2, 0) is 6.42 Å². The fourth-order valence-corrected chi connectivity index (χ4v) is 2.15. The van der Waals surface area contributed by atoms with Gasteiger partial charge in [-0.25, -0.2) is 0 Å². The highest BCUT2D eigenvalue weighted by molar-refractivity contribution is 5.38. The minimum Gasteiger partial charge on any atom is -0.490 e. The van der Waals surface area contributed by atoms with Crippen molar-refractivity contribution in [3.63, 3.8) is 0 Å². The van der Waals surface area contributed by atoms with Gasteiger partial charge >= 0.3 is 0 Å². The van der Waals surface area contributed by atoms with E-state index in [1.165, 1.54) is 11.1 Å². The molecule has 1 aromatic carbocycles. The van der Waals surface area contributed by atoms with Crippen LogP contribution in [0.25, 0.3) is 0 Å². The zero-order valence-corrected chi connectivity index (χ0v) is 10.6. The van der Waals surface area contributed by atoms with Gasteiger partial charge < -0.3 is 9.84 Å². The lowest BCUT2D eigenvalue weighted by Crippen LogP contribution is -2.09. The SMILES string of the molecule is CC(C)=CCOc1ccc2c(c1)[C@@H](O)CCC2. The first-order chi connectivity index (χ1) is 8.16. The molecule has 2 heteroatoms. The van der Waals surface area contributed by atoms with Gasteiger partial charge in [-0.1, -0.05) is 11.6 Å². The number of aliphatic hydroxyl groups excluding tert-OH is 1. The van der Waals surface area contributed by atoms with Crippen LogP contribution in [0.4, 0.5) is 0 Å². The van der Waals surface area contributed by atoms with Crippen LogP contribution >= 0.6 is 0 Å². The number of fused-ring (bicyclic) bond motifs is 1. The zero-order chi connectivity index (χ0) is 12.3. The number of hydrogen-bond acceptors (Lipinski definition) is 2. The second-order valence-electron chi connectivity index (χ2n) is 4.86. The summed E-state index contributed by atoms with van der Waals surface area (Å²) in [6.45, 7) is 4.71. The Bertz CT molecular complexity index is 417. The molecule has 2 rings (SSSR count). The van der Waals surface area contributed by atoms with E-state index < -0.39 is 0 Å². The van der Waals surface area contributed by atoms with Crippen LogP contribution in [-0.4, -0.2) is 11.7 Å². The second kappa shape index (κ2) is 5.37. The molecule has 17 heavy (non-hydrogen) atoms. The van der Waals surface area contributed by atoms with Crippen LogP contribution in [0.5, 0.6) is 5.75 Å². The summed E-state index contributed by atoms with van der Waals surface area (Å²) in [6, 6.07) is 6.06. The van der Waals surface area contributed by atoms with Crippen LogP contribution in [0.3, 0.4) is 0 Å². The monoisotopic (exact) mass is 232 g/mol. The van der Waals surface area contributed by atoms with Gasteiger partial charge in [0, 0.05) is 0 Å². The molecule has 0 saturated heterocycles. The van der Waals surface area contributed by atoms with Gasteiger partial charge in [0.05, 0.1) is 6.10 Å². The summed E-state index contributed by atoms with van der Waals surface area (Å²) in [5, 5.41) is 9.93. The van der Waals surface area contributed by atoms with E-state index in [1.54, 1.807) is 0 Å². The summed E-state index contributed by atoms with van der Waals surface area (Å²) in [4.78, 5) is 0. The maximum absolute atomic E-state index is 9.93. The Balaban J connectivity index is 2.10. The number of benzene rings is 1. The van der Waals surface area contributed by atoms with Crippen molar-refractivity contribution in [1.82, 2.24) is 0 Å². The molecule has 92 valence electrons. The Morgan fingerprint density at radius 3 is 3.06 bits per heavy atom. The first-order valence-electron chi connectivity index (χ1n) is 6.24. The van der Waals surface area contributed by atoms with E-state index >= 15 is 0 Å². The summed E-state index contributed by atoms with van der Waals surface area (Å²) in [5.74, 6) is 0.849. The molecule has 0 saturated carbocycles. The standard InChI is InChI=1S/C15H20O2/c1-11(2)8-9-17-13-7-6-12-4-3-5-15(16)14(12)10-13/h6-8,10,15-16H,3-5,9H2,1-2H3/t15-/m0/s1. The Kier molecular flexibility index (Phi) is 3.85. The van der Waals surface area contributed by atoms with Crippen LogP contribution in [0.15, 0.2) is 29.8 Å². The first-order valence-corrected chi connectivity index (χ1v) is 6.24. The summed E-state index contributed by atoms with van der Waals surface area (Å²) in [6.07, 6.45) is 4.75. The lowest BCUT2D eigenvalue weighted by molar-refractivity contribution is 0.156. The van der Waals surface area contributed by atoms with Gasteiger partial charge in [0.2, 0.25) is 0 Å². The Hall–Kier alpha value is -1.28. The van der Waals surface area contributed by atoms with E-state index in [2.05, 4.69) is 26.0 Å². The highest BCUT2D eigenvalue weighted by Crippen LogP contribution is 2.32. The Morgan fingerprint density at radius 2 is 2.29 bits per heavy atom. The molecular formula is C15H20O2. The van der Waals surface area contributed by atoms with Crippen LogP contribution in [0.2, 0.25) is 0 Å². The van der Waals surface area contributed by atoms with Gasteiger partial charge in [-0.05, 0) is 62.4 Å². The maximum atomic E-state index is 9.93. The van der Waals surface area contributed by atoms with Crippen molar-refractivity contribution < 1.29 is 9.84 Å². The predicted molar refractivity (Wildman–Crippen MR) is 69.3 cm³/mol. The second-order valence-corrected chi connectivity index (χ2v) is 4.86. The summed E-state index contributed by atoms with van der Waals surface area (Å²) < 4.78 is 5.64. The van der Waals surface area contributed by atoms with Crippen molar-refractivity contribution >= 4 is 0 Å². The topological polar surface area (TPSA) is 29.5 Å². The van der Waals surface area contributed by atoms with E-state index in [0.29, 0.717) is 6.61 Å². The van der Waals surface area contributed by atoms with E-state index in [-0.39, 0.29) is 6.10 Å². The molecule has 0 heterocycles. The molecule has 0 aromatic heterocycles. The number of ether oxygens (including phenoxy) is 1. The van der Waals surface area contributed by atoms with Crippen molar-refractivity contribution in [2.45, 2.75) is 39.2 Å². The van der Waals surface area contributed by atoms with Crippen molar-refractivity contribution in [2.75, 3.05) is 6.61 Å². The third kappa shape index (κ3) is 3.10. The number of allylic oxidation sites excluding steroid dienone is 1. The van der Waals surface area contributed by atoms with Gasteiger partial charge in [0.15, 0.2) is 0 Å². The lowest BCUT2D eigenvalue weighted by Gasteiger charge is -2.21. The molecule has 1 aliphatic rings. The summed E-state index contributed by atoms with van der Waals surface area (Å²) in [7, 11) is 0. The molecule has 0 aliphatic heterocycles. The van der Waals surface area contributed by atoms with Gasteiger partial charge in [0.25, 0.3) is 0 Å². The molecule has 1 N–H and O–H groups in total. The summed E-state index contributed by atoms with van der Waals surface area (Å²) >= 11 is 0. The molecule has 2 nitrogen and oxygen atoms in total. The van der Waals surface area contributed by atoms with Gasteiger partial charge in [-0.3, -0.25) is 0 Å². The molecule has 1 atom stereocenters. The minimum atomic E-state index is -0.314. The highest BCUT2D eigenvalue weighted by Gasteiger charge is 2.18. The molecule has 0 unspecified atom stereocenters. The molecule has 0 amide bonds. The van der Waals surface area contributed by atoms with Crippen molar-refractivity contribution in [2.24, 2.45) is 0 Å². The van der Waals surface area contributed by atoms with Gasteiger partial charge in [0.1, 0.15) is 12.4 Å². The predicted octanol–water partition coefficient (Wildman–Crippen LogP) is 3.40. The van der Waals surface area contributed by atoms with Crippen molar-refractivity contribution in [3.05, 3.63) is 41.0 Å². The zero-order valence-electron chi connectivity index (χ0n) is 10.6. The number of hydrogen-bond donors (Lipinski definition) is 1. The third-order valence-electron chi connectivity index (χ3n) is 3.14. The Morgan fingerprint density at radius 1 is 1.47 bits per heavy atom. The maximum Gasteiger partial charge on any atom is 0.120 e. The third-order valence-corrected chi connectivity index (χ3v) is 3.14. The smallest absolute Gasteiger partial charge is 0.120 e. The molecule has 0 fully saturated rings. The van der Waals surface area contributed by atoms with E-state index in [1.807, 2.05) is 12.1 Å². The average Bonchev–Trinajstić information content (AvgIpc) is 2.30. The Labute approximate surface area is 103 Å². The van der Waals surface area contributed by atoms with E-state index in [4.69, 9.17) is 4.74 Å². The largest absolute Gasteiger partial charge is 0.490 e. The average molecular weight is 232 g/mol. The molecule has 1 aromatic rings. The van der Waals surface area contributed by atoms with E-state index in [0.717, 1.165) is 30.6 Å². The number of rotatable bonds is 3. The highest BCUT2D eigenvalue weighted by atomic mass is 16.5. The van der Waals surface area contributed by atoms with Crippen molar-refractivity contribution in [1.29, 1.82) is 0 Å². The molecular weight excluding hydrogens is 212 g/mol. The van der Waals surface area contributed by atoms with E-state index in [9.17, 15) is 5.11 Å². The fraction of sp³-hybridized carbons (Fsp3) is 0.467. The lowest BCUT2D eigenvalue weighted by atomic mass is 9.89. The first kappa shape index (κ1) is 12.2.